The first-order chi connectivity index (χ1) is 8.72. The number of carbonyl (C=O) groups excluding carboxylic acids is 2. The average Bonchev–Trinajstić information content (AvgIpc) is 2.41. The number of esters is 1. The van der Waals surface area contributed by atoms with Crippen LogP contribution in [0.3, 0.4) is 0 Å². The Labute approximate surface area is 109 Å². The minimum atomic E-state index is -0.431. The number of carbonyl (C=O) groups is 2. The molecule has 5 heteroatoms. The Balaban J connectivity index is 2.16. The van der Waals surface area contributed by atoms with E-state index in [1.165, 1.54) is 25.1 Å². The van der Waals surface area contributed by atoms with Gasteiger partial charge in [0.05, 0.1) is 13.4 Å². The highest BCUT2D eigenvalue weighted by atomic mass is 32.2. The molecule has 18 heavy (non-hydrogen) atoms. The Bertz CT molecular complexity index is 507. The van der Waals surface area contributed by atoms with E-state index in [4.69, 9.17) is 4.74 Å². The lowest BCUT2D eigenvalue weighted by atomic mass is 10.0. The Morgan fingerprint density at radius 3 is 2.83 bits per heavy atom. The third-order valence-corrected chi connectivity index (χ3v) is 3.44. The molecule has 0 aromatic heterocycles. The van der Waals surface area contributed by atoms with Crippen molar-refractivity contribution in [2.75, 3.05) is 19.5 Å². The molecule has 0 atom stereocenters. The highest BCUT2D eigenvalue weighted by Crippen LogP contribution is 2.32. The molecule has 2 rings (SSSR count). The van der Waals surface area contributed by atoms with Crippen molar-refractivity contribution in [1.29, 1.82) is 0 Å². The molecule has 0 N–H and O–H groups in total. The lowest BCUT2D eigenvalue weighted by Crippen LogP contribution is -2.10. The number of ether oxygens (including phenoxy) is 2. The molecule has 0 unspecified atom stereocenters. The van der Waals surface area contributed by atoms with Crippen LogP contribution < -0.4 is 0 Å². The number of hydrogen-bond acceptors (Lipinski definition) is 5. The van der Waals surface area contributed by atoms with Crippen molar-refractivity contribution in [3.05, 3.63) is 41.7 Å². The maximum absolute atomic E-state index is 11.7. The van der Waals surface area contributed by atoms with Crippen molar-refractivity contribution in [1.82, 2.24) is 0 Å². The summed E-state index contributed by atoms with van der Waals surface area (Å²) in [5, 5.41) is 0.0655. The summed E-state index contributed by atoms with van der Waals surface area (Å²) in [4.78, 5) is 22.6. The summed E-state index contributed by atoms with van der Waals surface area (Å²) in [5.41, 5.74) is 2.45. The molecule has 0 spiro atoms. The first kappa shape index (κ1) is 12.7. The molecular weight excluding hydrogens is 252 g/mol. The predicted molar refractivity (Wildman–Crippen MR) is 69.2 cm³/mol. The van der Waals surface area contributed by atoms with E-state index in [0.717, 1.165) is 11.1 Å². The molecule has 0 saturated heterocycles. The lowest BCUT2D eigenvalue weighted by molar-refractivity contribution is -0.143. The molecule has 1 aromatic carbocycles. The summed E-state index contributed by atoms with van der Waals surface area (Å²) in [7, 11) is 1.31. The monoisotopic (exact) mass is 264 g/mol. The summed E-state index contributed by atoms with van der Waals surface area (Å²) in [5.74, 6) is 0.122. The highest BCUT2D eigenvalue weighted by Gasteiger charge is 2.21. The number of fused-ring (bicyclic) bond motifs is 1. The first-order valence-electron chi connectivity index (χ1n) is 5.36. The van der Waals surface area contributed by atoms with E-state index in [0.29, 0.717) is 11.3 Å². The van der Waals surface area contributed by atoms with Gasteiger partial charge in [-0.2, -0.15) is 0 Å². The Kier molecular flexibility index (Phi) is 4.04. The summed E-state index contributed by atoms with van der Waals surface area (Å²) in [6, 6.07) is 7.37. The van der Waals surface area contributed by atoms with E-state index in [9.17, 15) is 9.59 Å². The van der Waals surface area contributed by atoms with E-state index < -0.39 is 5.97 Å². The number of thioether (sulfide) groups is 1. The zero-order valence-electron chi connectivity index (χ0n) is 9.84. The topological polar surface area (TPSA) is 52.6 Å². The first-order valence-corrected chi connectivity index (χ1v) is 6.35. The number of rotatable bonds is 3. The quantitative estimate of drug-likeness (QED) is 0.618. The van der Waals surface area contributed by atoms with Gasteiger partial charge in [-0.25, -0.2) is 4.79 Å². The maximum Gasteiger partial charge on any atom is 0.343 e. The van der Waals surface area contributed by atoms with Crippen LogP contribution in [-0.2, 0) is 14.3 Å². The normalized spacial score (nSPS) is 16.3. The Morgan fingerprint density at radius 2 is 2.11 bits per heavy atom. The van der Waals surface area contributed by atoms with Gasteiger partial charge in [0.25, 0.3) is 0 Å². The third-order valence-electron chi connectivity index (χ3n) is 2.51. The number of hydrogen-bond donors (Lipinski definition) is 0. The fraction of sp³-hybridized carbons (Fsp3) is 0.231. The third kappa shape index (κ3) is 2.73. The fourth-order valence-electron chi connectivity index (χ4n) is 1.61. The van der Waals surface area contributed by atoms with Gasteiger partial charge in [-0.1, -0.05) is 30.0 Å². The van der Waals surface area contributed by atoms with Crippen LogP contribution in [0.15, 0.2) is 30.5 Å². The van der Waals surface area contributed by atoms with Crippen molar-refractivity contribution < 1.29 is 19.1 Å². The van der Waals surface area contributed by atoms with E-state index in [2.05, 4.69) is 4.74 Å². The summed E-state index contributed by atoms with van der Waals surface area (Å²) >= 11 is 1.23. The van der Waals surface area contributed by atoms with Crippen LogP contribution in [0.2, 0.25) is 0 Å². The summed E-state index contributed by atoms with van der Waals surface area (Å²) in [6.45, 7) is -0.124. The van der Waals surface area contributed by atoms with Gasteiger partial charge in [0, 0.05) is 16.9 Å². The molecule has 0 radical (unpaired) electrons. The second-order valence-corrected chi connectivity index (χ2v) is 4.60. The SMILES string of the molecule is COC(=O)CO/C=C1\CSC(=O)c2ccccc21. The van der Waals surface area contributed by atoms with Crippen LogP contribution in [0.1, 0.15) is 15.9 Å². The summed E-state index contributed by atoms with van der Waals surface area (Å²) in [6.07, 6.45) is 1.52. The zero-order valence-corrected chi connectivity index (χ0v) is 10.7. The van der Waals surface area contributed by atoms with Gasteiger partial charge in [-0.15, -0.1) is 0 Å². The minimum Gasteiger partial charge on any atom is -0.489 e. The van der Waals surface area contributed by atoms with Gasteiger partial charge in [0.15, 0.2) is 6.61 Å². The molecule has 1 aromatic rings. The van der Waals surface area contributed by atoms with Gasteiger partial charge in [-0.3, -0.25) is 4.79 Å². The van der Waals surface area contributed by atoms with E-state index in [-0.39, 0.29) is 11.7 Å². The van der Waals surface area contributed by atoms with E-state index >= 15 is 0 Å². The van der Waals surface area contributed by atoms with Crippen LogP contribution in [0.25, 0.3) is 5.57 Å². The molecule has 94 valence electrons. The Morgan fingerprint density at radius 1 is 1.39 bits per heavy atom. The minimum absolute atomic E-state index is 0.0655. The van der Waals surface area contributed by atoms with Gasteiger partial charge in [0.1, 0.15) is 0 Å². The van der Waals surface area contributed by atoms with Crippen molar-refractivity contribution in [3.63, 3.8) is 0 Å². The fourth-order valence-corrected chi connectivity index (χ4v) is 2.45. The lowest BCUT2D eigenvalue weighted by Gasteiger charge is -2.16. The van der Waals surface area contributed by atoms with Crippen molar-refractivity contribution in [2.24, 2.45) is 0 Å². The van der Waals surface area contributed by atoms with E-state index in [1.54, 1.807) is 6.07 Å². The van der Waals surface area contributed by atoms with Gasteiger partial charge < -0.3 is 9.47 Å². The molecule has 0 aliphatic carbocycles. The smallest absolute Gasteiger partial charge is 0.343 e. The molecule has 1 heterocycles. The van der Waals surface area contributed by atoms with Crippen molar-refractivity contribution in [2.45, 2.75) is 0 Å². The molecule has 0 fully saturated rings. The molecule has 4 nitrogen and oxygen atoms in total. The van der Waals surface area contributed by atoms with Crippen LogP contribution in [0.4, 0.5) is 0 Å². The Hall–Kier alpha value is -1.75. The predicted octanol–water partition coefficient (Wildman–Crippen LogP) is 2.10. The maximum atomic E-state index is 11.7. The van der Waals surface area contributed by atoms with Gasteiger partial charge in [-0.05, 0) is 11.6 Å². The second kappa shape index (κ2) is 5.73. The number of benzene rings is 1. The van der Waals surface area contributed by atoms with Crippen LogP contribution in [0, 0.1) is 0 Å². The molecule has 1 aliphatic rings. The van der Waals surface area contributed by atoms with E-state index in [1.807, 2.05) is 18.2 Å². The van der Waals surface area contributed by atoms with Crippen LogP contribution in [-0.4, -0.2) is 30.6 Å². The standard InChI is InChI=1S/C13H12O4S/c1-16-12(14)7-17-6-9-8-18-13(15)11-5-3-2-4-10(9)11/h2-6H,7-8H2,1H3/b9-6+. The highest BCUT2D eigenvalue weighted by molar-refractivity contribution is 8.14. The van der Waals surface area contributed by atoms with Gasteiger partial charge in [0.2, 0.25) is 5.12 Å². The van der Waals surface area contributed by atoms with Crippen molar-refractivity contribution >= 4 is 28.4 Å². The number of methoxy groups -OCH3 is 1. The van der Waals surface area contributed by atoms with Gasteiger partial charge >= 0.3 is 5.97 Å². The average molecular weight is 264 g/mol. The molecular formula is C13H12O4S. The largest absolute Gasteiger partial charge is 0.489 e. The van der Waals surface area contributed by atoms with Crippen LogP contribution in [0.5, 0.6) is 0 Å². The zero-order chi connectivity index (χ0) is 13.0. The summed E-state index contributed by atoms with van der Waals surface area (Å²) < 4.78 is 9.63. The molecule has 0 saturated carbocycles. The van der Waals surface area contributed by atoms with Crippen LogP contribution >= 0.6 is 11.8 Å². The second-order valence-electron chi connectivity index (χ2n) is 3.65. The molecule has 0 amide bonds. The molecule has 0 bridgehead atoms. The molecule has 1 aliphatic heterocycles. The van der Waals surface area contributed by atoms with Crippen molar-refractivity contribution in [3.8, 4) is 0 Å².